The summed E-state index contributed by atoms with van der Waals surface area (Å²) in [6.07, 6.45) is 4.52. The number of nitrogens with zero attached hydrogens (tertiary/aromatic N) is 2. The van der Waals surface area contributed by atoms with Gasteiger partial charge in [-0.2, -0.15) is 5.10 Å². The van der Waals surface area contributed by atoms with Gasteiger partial charge in [0.1, 0.15) is 0 Å². The highest BCUT2D eigenvalue weighted by atomic mass is 35.5. The van der Waals surface area contributed by atoms with Gasteiger partial charge in [0.2, 0.25) is 5.91 Å². The van der Waals surface area contributed by atoms with Crippen molar-refractivity contribution in [3.8, 4) is 0 Å². The molecular formula is C19H25ClN4O3. The minimum atomic E-state index is -0.347. The van der Waals surface area contributed by atoms with E-state index in [1.807, 2.05) is 31.6 Å². The SMILES string of the molecule is COC(=O)c1ccc(CCNC(=O)[C@H]2CNC[C@@H]2c2cnn(C)c2)cc1.Cl. The standard InChI is InChI=1S/C19H24N4O3.ClH/c1-23-12-15(9-22-23)16-10-20-11-17(16)18(24)21-8-7-13-3-5-14(6-4-13)19(25)26-2;/h3-6,9,12,16-17,20H,7-8,10-11H2,1-2H3,(H,21,24);1H/t16-,17+;/m1./s1. The molecule has 1 aliphatic rings. The first-order valence-corrected chi connectivity index (χ1v) is 8.72. The van der Waals surface area contributed by atoms with Crippen LogP contribution in [0.2, 0.25) is 0 Å². The van der Waals surface area contributed by atoms with Gasteiger partial charge in [-0.1, -0.05) is 12.1 Å². The molecule has 1 aromatic carbocycles. The summed E-state index contributed by atoms with van der Waals surface area (Å²) in [4.78, 5) is 24.0. The van der Waals surface area contributed by atoms with E-state index in [-0.39, 0.29) is 36.1 Å². The number of esters is 1. The maximum atomic E-state index is 12.6. The molecule has 7 nitrogen and oxygen atoms in total. The van der Waals surface area contributed by atoms with Crippen LogP contribution in [0.5, 0.6) is 0 Å². The summed E-state index contributed by atoms with van der Waals surface area (Å²) >= 11 is 0. The minimum absolute atomic E-state index is 0. The number of carbonyl (C=O) groups excluding carboxylic acids is 2. The first-order chi connectivity index (χ1) is 12.6. The van der Waals surface area contributed by atoms with Crippen LogP contribution < -0.4 is 10.6 Å². The molecule has 0 radical (unpaired) electrons. The zero-order chi connectivity index (χ0) is 18.5. The highest BCUT2D eigenvalue weighted by Crippen LogP contribution is 2.27. The summed E-state index contributed by atoms with van der Waals surface area (Å²) < 4.78 is 6.45. The van der Waals surface area contributed by atoms with E-state index in [4.69, 9.17) is 0 Å². The van der Waals surface area contributed by atoms with Crippen molar-refractivity contribution in [3.05, 3.63) is 53.3 Å². The monoisotopic (exact) mass is 392 g/mol. The van der Waals surface area contributed by atoms with E-state index >= 15 is 0 Å². The number of rotatable bonds is 6. The van der Waals surface area contributed by atoms with Gasteiger partial charge in [0.05, 0.1) is 24.8 Å². The Bertz CT molecular complexity index is 776. The Balaban J connectivity index is 0.00000261. The van der Waals surface area contributed by atoms with E-state index in [1.165, 1.54) is 7.11 Å². The van der Waals surface area contributed by atoms with E-state index in [0.29, 0.717) is 25.1 Å². The number of nitrogens with one attached hydrogen (secondary N) is 2. The normalized spacial score (nSPS) is 18.6. The molecule has 2 aromatic rings. The van der Waals surface area contributed by atoms with Crippen LogP contribution in [0.25, 0.3) is 0 Å². The third kappa shape index (κ3) is 5.08. The van der Waals surface area contributed by atoms with E-state index in [9.17, 15) is 9.59 Å². The minimum Gasteiger partial charge on any atom is -0.465 e. The summed E-state index contributed by atoms with van der Waals surface area (Å²) in [5.74, 6) is -0.209. The predicted molar refractivity (Wildman–Crippen MR) is 104 cm³/mol. The molecule has 1 saturated heterocycles. The van der Waals surface area contributed by atoms with Crippen LogP contribution in [0.1, 0.15) is 27.4 Å². The largest absolute Gasteiger partial charge is 0.465 e. The molecule has 3 rings (SSSR count). The molecule has 146 valence electrons. The van der Waals surface area contributed by atoms with Gasteiger partial charge < -0.3 is 15.4 Å². The van der Waals surface area contributed by atoms with Gasteiger partial charge in [0.25, 0.3) is 0 Å². The molecular weight excluding hydrogens is 368 g/mol. The fourth-order valence-electron chi connectivity index (χ4n) is 3.32. The molecule has 2 atom stereocenters. The number of carbonyl (C=O) groups is 2. The second-order valence-corrected chi connectivity index (χ2v) is 6.55. The highest BCUT2D eigenvalue weighted by molar-refractivity contribution is 5.89. The van der Waals surface area contributed by atoms with Crippen LogP contribution in [0.3, 0.4) is 0 Å². The number of halogens is 1. The lowest BCUT2D eigenvalue weighted by Crippen LogP contribution is -2.35. The summed E-state index contributed by atoms with van der Waals surface area (Å²) in [7, 11) is 3.24. The predicted octanol–water partition coefficient (Wildman–Crippen LogP) is 1.29. The number of hydrogen-bond acceptors (Lipinski definition) is 5. The van der Waals surface area contributed by atoms with Gasteiger partial charge in [-0.05, 0) is 29.7 Å². The first kappa shape index (κ1) is 20.9. The van der Waals surface area contributed by atoms with Gasteiger partial charge in [-0.25, -0.2) is 4.79 Å². The van der Waals surface area contributed by atoms with Crippen LogP contribution in [0, 0.1) is 5.92 Å². The van der Waals surface area contributed by atoms with Crippen molar-refractivity contribution in [1.29, 1.82) is 0 Å². The van der Waals surface area contributed by atoms with E-state index in [2.05, 4.69) is 20.5 Å². The molecule has 8 heteroatoms. The van der Waals surface area contributed by atoms with Crippen molar-refractivity contribution in [3.63, 3.8) is 0 Å². The molecule has 2 heterocycles. The van der Waals surface area contributed by atoms with Gasteiger partial charge in [0, 0.05) is 38.8 Å². The number of amides is 1. The molecule has 1 aliphatic heterocycles. The second kappa shape index (κ2) is 9.53. The maximum Gasteiger partial charge on any atom is 0.337 e. The fourth-order valence-corrected chi connectivity index (χ4v) is 3.32. The second-order valence-electron chi connectivity index (χ2n) is 6.55. The molecule has 2 N–H and O–H groups in total. The number of hydrogen-bond donors (Lipinski definition) is 2. The Morgan fingerprint density at radius 2 is 2.04 bits per heavy atom. The molecule has 0 aliphatic carbocycles. The lowest BCUT2D eigenvalue weighted by atomic mass is 9.90. The highest BCUT2D eigenvalue weighted by Gasteiger charge is 2.34. The Hall–Kier alpha value is -2.38. The number of aromatic nitrogens is 2. The van der Waals surface area contributed by atoms with E-state index < -0.39 is 0 Å². The number of methoxy groups -OCH3 is 1. The average Bonchev–Trinajstić information content (AvgIpc) is 3.30. The smallest absolute Gasteiger partial charge is 0.337 e. The van der Waals surface area contributed by atoms with Crippen molar-refractivity contribution < 1.29 is 14.3 Å². The van der Waals surface area contributed by atoms with E-state index in [1.54, 1.807) is 16.8 Å². The Morgan fingerprint density at radius 3 is 2.67 bits per heavy atom. The van der Waals surface area contributed by atoms with Crippen molar-refractivity contribution >= 4 is 24.3 Å². The van der Waals surface area contributed by atoms with Crippen LogP contribution in [-0.4, -0.2) is 48.4 Å². The molecule has 1 aromatic heterocycles. The zero-order valence-electron chi connectivity index (χ0n) is 15.5. The molecule has 1 fully saturated rings. The summed E-state index contributed by atoms with van der Waals surface area (Å²) in [6, 6.07) is 7.24. The first-order valence-electron chi connectivity index (χ1n) is 8.72. The summed E-state index contributed by atoms with van der Waals surface area (Å²) in [6.45, 7) is 2.03. The van der Waals surface area contributed by atoms with E-state index in [0.717, 1.165) is 17.7 Å². The summed E-state index contributed by atoms with van der Waals surface area (Å²) in [5.41, 5.74) is 2.68. The number of aryl methyl sites for hydroxylation is 1. The van der Waals surface area contributed by atoms with Crippen molar-refractivity contribution in [2.24, 2.45) is 13.0 Å². The van der Waals surface area contributed by atoms with Gasteiger partial charge >= 0.3 is 5.97 Å². The Labute approximate surface area is 164 Å². The van der Waals surface area contributed by atoms with Crippen LogP contribution in [0.4, 0.5) is 0 Å². The maximum absolute atomic E-state index is 12.6. The van der Waals surface area contributed by atoms with Crippen LogP contribution in [-0.2, 0) is 23.0 Å². The molecule has 0 unspecified atom stereocenters. The molecule has 0 spiro atoms. The lowest BCUT2D eigenvalue weighted by molar-refractivity contribution is -0.124. The molecule has 0 bridgehead atoms. The topological polar surface area (TPSA) is 85.2 Å². The molecule has 0 saturated carbocycles. The van der Waals surface area contributed by atoms with Crippen LogP contribution in [0.15, 0.2) is 36.7 Å². The molecule has 1 amide bonds. The average molecular weight is 393 g/mol. The lowest BCUT2D eigenvalue weighted by Gasteiger charge is -2.17. The number of benzene rings is 1. The fraction of sp³-hybridized carbons (Fsp3) is 0.421. The Kier molecular flexibility index (Phi) is 7.38. The van der Waals surface area contributed by atoms with Gasteiger partial charge in [0.15, 0.2) is 0 Å². The summed E-state index contributed by atoms with van der Waals surface area (Å²) in [5, 5.41) is 10.5. The van der Waals surface area contributed by atoms with Crippen molar-refractivity contribution in [2.75, 3.05) is 26.7 Å². The third-order valence-corrected chi connectivity index (χ3v) is 4.79. The third-order valence-electron chi connectivity index (χ3n) is 4.79. The van der Waals surface area contributed by atoms with Crippen molar-refractivity contribution in [1.82, 2.24) is 20.4 Å². The van der Waals surface area contributed by atoms with Crippen LogP contribution >= 0.6 is 12.4 Å². The molecule has 27 heavy (non-hydrogen) atoms. The van der Waals surface area contributed by atoms with Gasteiger partial charge in [-0.3, -0.25) is 9.48 Å². The van der Waals surface area contributed by atoms with Crippen molar-refractivity contribution in [2.45, 2.75) is 12.3 Å². The zero-order valence-corrected chi connectivity index (χ0v) is 16.3. The number of ether oxygens (including phenoxy) is 1. The Morgan fingerprint density at radius 1 is 1.30 bits per heavy atom. The van der Waals surface area contributed by atoms with Gasteiger partial charge in [-0.15, -0.1) is 12.4 Å². The quantitative estimate of drug-likeness (QED) is 0.723.